The van der Waals surface area contributed by atoms with E-state index < -0.39 is 11.6 Å². The smallest absolute Gasteiger partial charge is 0.339 e. The molecule has 4 saturated carbocycles. The van der Waals surface area contributed by atoms with Crippen LogP contribution in [0.2, 0.25) is 0 Å². The number of ether oxygens (including phenoxy) is 3. The molecule has 0 saturated heterocycles. The van der Waals surface area contributed by atoms with Gasteiger partial charge in [-0.3, -0.25) is 10.4 Å². The topological polar surface area (TPSA) is 109 Å². The minimum atomic E-state index is -1.08. The maximum absolute atomic E-state index is 13.9. The molecule has 0 aromatic heterocycles. The van der Waals surface area contributed by atoms with Crippen molar-refractivity contribution in [3.63, 3.8) is 0 Å². The Labute approximate surface area is 257 Å². The molecule has 234 valence electrons. The lowest BCUT2D eigenvalue weighted by Crippen LogP contribution is -2.55. The molecule has 0 radical (unpaired) electrons. The summed E-state index contributed by atoms with van der Waals surface area (Å²) in [5.41, 5.74) is -0.185. The summed E-state index contributed by atoms with van der Waals surface area (Å²) in [6, 6.07) is 10.7. The van der Waals surface area contributed by atoms with Crippen molar-refractivity contribution >= 4 is 33.2 Å². The van der Waals surface area contributed by atoms with Gasteiger partial charge < -0.3 is 19.3 Å². The van der Waals surface area contributed by atoms with Crippen molar-refractivity contribution in [3.05, 3.63) is 42.0 Å². The van der Waals surface area contributed by atoms with Gasteiger partial charge >= 0.3 is 5.97 Å². The summed E-state index contributed by atoms with van der Waals surface area (Å²) in [6.07, 6.45) is 9.95. The fourth-order valence-corrected chi connectivity index (χ4v) is 11.3. The third-order valence-corrected chi connectivity index (χ3v) is 12.9. The van der Waals surface area contributed by atoms with E-state index in [0.717, 1.165) is 36.5 Å². The average Bonchev–Trinajstić information content (AvgIpc) is 3.54. The normalized spacial score (nSPS) is 34.9. The van der Waals surface area contributed by atoms with E-state index >= 15 is 0 Å². The molecule has 44 heavy (non-hydrogen) atoms. The Morgan fingerprint density at radius 3 is 2.64 bits per heavy atom. The van der Waals surface area contributed by atoms with Crippen molar-refractivity contribution in [2.45, 2.75) is 84.2 Å². The standard InChI is InChI=1S/C36H43NO7/c1-33(2)12-6-13-34(3)27(33)11-14-35-17-22(9-10-28(34)35)36(39,18-35)19-42-32(38)24-16-26-31(44-20-43-26)30-23-8-5-4-7-21(23)15-25(29(24)30)37(40)41/h4-5,7-8,15-16,22,27-28,39-41H,6,9-14,17-20H2,1-3H3. The van der Waals surface area contributed by atoms with Crippen LogP contribution in [0.4, 0.5) is 5.69 Å². The highest BCUT2D eigenvalue weighted by molar-refractivity contribution is 6.22. The van der Waals surface area contributed by atoms with Crippen LogP contribution in [0.1, 0.15) is 88.9 Å². The average molecular weight is 602 g/mol. The molecule has 6 atom stereocenters. The molecular formula is C36H43NO7. The van der Waals surface area contributed by atoms with Crippen LogP contribution in [0.3, 0.4) is 0 Å². The van der Waals surface area contributed by atoms with Crippen LogP contribution in [-0.4, -0.2) is 40.5 Å². The van der Waals surface area contributed by atoms with Gasteiger partial charge in [0.05, 0.1) is 5.56 Å². The zero-order valence-corrected chi connectivity index (χ0v) is 25.9. The molecule has 2 bridgehead atoms. The number of hydrogen-bond acceptors (Lipinski definition) is 8. The van der Waals surface area contributed by atoms with Crippen LogP contribution in [0, 0.1) is 34.0 Å². The highest BCUT2D eigenvalue weighted by Gasteiger charge is 2.67. The first kappa shape index (κ1) is 28.4. The molecule has 6 unspecified atom stereocenters. The number of esters is 1. The molecule has 4 aliphatic carbocycles. The second kappa shape index (κ2) is 9.47. The van der Waals surface area contributed by atoms with E-state index in [0.29, 0.717) is 45.9 Å². The van der Waals surface area contributed by atoms with Gasteiger partial charge in [-0.05, 0) is 108 Å². The van der Waals surface area contributed by atoms with E-state index in [9.17, 15) is 20.3 Å². The summed E-state index contributed by atoms with van der Waals surface area (Å²) >= 11 is 0. The van der Waals surface area contributed by atoms with E-state index in [2.05, 4.69) is 20.8 Å². The molecule has 3 aromatic carbocycles. The van der Waals surface area contributed by atoms with Gasteiger partial charge in [-0.2, -0.15) is 0 Å². The van der Waals surface area contributed by atoms with Gasteiger partial charge in [0.2, 0.25) is 6.79 Å². The first-order valence-electron chi connectivity index (χ1n) is 16.3. The van der Waals surface area contributed by atoms with Gasteiger partial charge in [-0.15, -0.1) is 5.23 Å². The molecule has 5 aliphatic rings. The summed E-state index contributed by atoms with van der Waals surface area (Å²) in [6.45, 7) is 7.37. The fraction of sp³-hybridized carbons (Fsp3) is 0.583. The maximum Gasteiger partial charge on any atom is 0.339 e. The number of rotatable bonds is 4. The predicted octanol–water partition coefficient (Wildman–Crippen LogP) is 7.63. The van der Waals surface area contributed by atoms with Gasteiger partial charge in [0.1, 0.15) is 17.9 Å². The van der Waals surface area contributed by atoms with Crippen molar-refractivity contribution in [2.75, 3.05) is 18.6 Å². The highest BCUT2D eigenvalue weighted by atomic mass is 16.8. The Morgan fingerprint density at radius 2 is 1.82 bits per heavy atom. The number of hydrogen-bond donors (Lipinski definition) is 3. The first-order valence-corrected chi connectivity index (χ1v) is 16.3. The van der Waals surface area contributed by atoms with Crippen LogP contribution < -0.4 is 14.7 Å². The molecule has 1 heterocycles. The van der Waals surface area contributed by atoms with Crippen molar-refractivity contribution in [3.8, 4) is 11.5 Å². The lowest BCUT2D eigenvalue weighted by atomic mass is 9.41. The summed E-state index contributed by atoms with van der Waals surface area (Å²) in [7, 11) is 0. The molecular weight excluding hydrogens is 558 g/mol. The van der Waals surface area contributed by atoms with E-state index in [-0.39, 0.29) is 46.6 Å². The van der Waals surface area contributed by atoms with Crippen molar-refractivity contribution in [1.29, 1.82) is 0 Å². The Morgan fingerprint density at radius 1 is 1.00 bits per heavy atom. The molecule has 1 spiro atoms. The molecule has 4 fully saturated rings. The Bertz CT molecular complexity index is 1680. The van der Waals surface area contributed by atoms with E-state index in [1.54, 1.807) is 12.1 Å². The molecule has 1 aliphatic heterocycles. The highest BCUT2D eigenvalue weighted by Crippen LogP contribution is 2.73. The van der Waals surface area contributed by atoms with Crippen LogP contribution in [0.15, 0.2) is 36.4 Å². The number of carbonyl (C=O) groups is 1. The van der Waals surface area contributed by atoms with Crippen molar-refractivity contribution in [2.24, 2.45) is 34.0 Å². The Kier molecular flexibility index (Phi) is 6.12. The van der Waals surface area contributed by atoms with E-state index in [1.807, 2.05) is 24.3 Å². The quantitative estimate of drug-likeness (QED) is 0.159. The molecule has 3 N–H and O–H groups in total. The molecule has 8 nitrogen and oxygen atoms in total. The van der Waals surface area contributed by atoms with Crippen LogP contribution in [0.5, 0.6) is 11.5 Å². The van der Waals surface area contributed by atoms with Gasteiger partial charge in [0.25, 0.3) is 0 Å². The minimum Gasteiger partial charge on any atom is -0.459 e. The first-order chi connectivity index (χ1) is 21.0. The van der Waals surface area contributed by atoms with Gasteiger partial charge in [0, 0.05) is 10.8 Å². The number of carbonyl (C=O) groups excluding carboxylic acids is 1. The summed E-state index contributed by atoms with van der Waals surface area (Å²) < 4.78 is 17.5. The lowest BCUT2D eigenvalue weighted by Gasteiger charge is -2.64. The number of fused-ring (bicyclic) bond motifs is 8. The molecule has 8 rings (SSSR count). The van der Waals surface area contributed by atoms with Gasteiger partial charge in [0.15, 0.2) is 11.5 Å². The zero-order chi connectivity index (χ0) is 30.6. The minimum absolute atomic E-state index is 0.00884. The fourth-order valence-electron chi connectivity index (χ4n) is 11.3. The predicted molar refractivity (Wildman–Crippen MR) is 165 cm³/mol. The second-order valence-corrected chi connectivity index (χ2v) is 15.5. The number of aliphatic hydroxyl groups is 1. The van der Waals surface area contributed by atoms with E-state index in [1.165, 1.54) is 25.7 Å². The number of benzene rings is 3. The molecule has 3 aromatic rings. The third kappa shape index (κ3) is 3.89. The molecule has 8 heteroatoms. The van der Waals surface area contributed by atoms with E-state index in [4.69, 9.17) is 14.2 Å². The summed E-state index contributed by atoms with van der Waals surface area (Å²) in [4.78, 5) is 13.9. The van der Waals surface area contributed by atoms with Gasteiger partial charge in [-0.25, -0.2) is 4.79 Å². The van der Waals surface area contributed by atoms with Crippen LogP contribution in [-0.2, 0) is 4.74 Å². The van der Waals surface area contributed by atoms with Gasteiger partial charge in [-0.1, -0.05) is 51.5 Å². The van der Waals surface area contributed by atoms with Crippen LogP contribution in [0.25, 0.3) is 21.5 Å². The Balaban J connectivity index is 1.12. The van der Waals surface area contributed by atoms with Crippen LogP contribution >= 0.6 is 0 Å². The monoisotopic (exact) mass is 601 g/mol. The Hall–Kier alpha value is -3.07. The SMILES string of the molecule is CC1(C)CCCC2(C)C1CCC13CC(CCC12)C(O)(COC(=O)c1cc2c(c4c1c(N(O)O)cc1ccccc14)OCO2)C3. The zero-order valence-electron chi connectivity index (χ0n) is 25.9. The lowest BCUT2D eigenvalue weighted by molar-refractivity contribution is -0.145. The van der Waals surface area contributed by atoms with Crippen molar-refractivity contribution < 1.29 is 34.5 Å². The number of nitrogens with zero attached hydrogens (tertiary/aromatic N) is 1. The third-order valence-electron chi connectivity index (χ3n) is 12.9. The maximum atomic E-state index is 13.9. The second-order valence-electron chi connectivity index (χ2n) is 15.5. The molecule has 0 amide bonds. The summed E-state index contributed by atoms with van der Waals surface area (Å²) in [5, 5.41) is 35.1. The van der Waals surface area contributed by atoms with Crippen molar-refractivity contribution in [1.82, 2.24) is 0 Å². The number of anilines is 1. The summed E-state index contributed by atoms with van der Waals surface area (Å²) in [5.74, 6) is 1.60. The largest absolute Gasteiger partial charge is 0.459 e.